The van der Waals surface area contributed by atoms with E-state index in [2.05, 4.69) is 5.92 Å². The van der Waals surface area contributed by atoms with E-state index in [-0.39, 0.29) is 0 Å². The summed E-state index contributed by atoms with van der Waals surface area (Å²) in [6, 6.07) is 7.21. The summed E-state index contributed by atoms with van der Waals surface area (Å²) in [5, 5.41) is 9.04. The average molecular weight is 186 g/mol. The molecule has 0 aliphatic heterocycles. The van der Waals surface area contributed by atoms with Crippen LogP contribution in [-0.4, -0.2) is 11.1 Å². The second-order valence-corrected chi connectivity index (χ2v) is 3.61. The van der Waals surface area contributed by atoms with Gasteiger partial charge >= 0.3 is 5.97 Å². The first kappa shape index (κ1) is 8.83. The summed E-state index contributed by atoms with van der Waals surface area (Å²) in [6.45, 7) is 0. The molecular weight excluding hydrogens is 176 g/mol. The first-order chi connectivity index (χ1) is 6.69. The number of rotatable bonds is 2. The van der Waals surface area contributed by atoms with Crippen molar-refractivity contribution >= 4 is 5.97 Å². The Morgan fingerprint density at radius 2 is 1.93 bits per heavy atom. The molecule has 0 atom stereocenters. The molecule has 0 bridgehead atoms. The molecule has 1 aliphatic carbocycles. The summed E-state index contributed by atoms with van der Waals surface area (Å²) >= 11 is 0. The topological polar surface area (TPSA) is 37.3 Å². The zero-order valence-electron chi connectivity index (χ0n) is 7.66. The van der Waals surface area contributed by atoms with Crippen LogP contribution in [-0.2, 0) is 10.2 Å². The number of carbonyl (C=O) groups is 1. The zero-order valence-corrected chi connectivity index (χ0v) is 7.66. The largest absolute Gasteiger partial charge is 0.481 e. The van der Waals surface area contributed by atoms with Crippen molar-refractivity contribution in [2.24, 2.45) is 0 Å². The Kier molecular flexibility index (Phi) is 1.82. The number of carboxylic acid groups (broad SMARTS) is 1. The fourth-order valence-corrected chi connectivity index (χ4v) is 1.64. The van der Waals surface area contributed by atoms with E-state index >= 15 is 0 Å². The van der Waals surface area contributed by atoms with E-state index in [4.69, 9.17) is 11.5 Å². The summed E-state index contributed by atoms with van der Waals surface area (Å²) in [4.78, 5) is 11.0. The number of aliphatic carboxylic acids is 1. The minimum absolute atomic E-state index is 0.618. The third kappa shape index (κ3) is 1.18. The molecule has 2 heteroatoms. The number of carboxylic acids is 1. The Morgan fingerprint density at radius 3 is 2.29 bits per heavy atom. The van der Waals surface area contributed by atoms with Crippen LogP contribution in [0.25, 0.3) is 0 Å². The fraction of sp³-hybridized carbons (Fsp3) is 0.250. The molecule has 1 fully saturated rings. The molecule has 0 unspecified atom stereocenters. The second-order valence-electron chi connectivity index (χ2n) is 3.61. The number of terminal acetylenes is 1. The molecule has 2 nitrogen and oxygen atoms in total. The highest BCUT2D eigenvalue weighted by molar-refractivity contribution is 5.84. The van der Waals surface area contributed by atoms with Crippen molar-refractivity contribution in [3.05, 3.63) is 35.4 Å². The average Bonchev–Trinajstić information content (AvgIpc) is 2.99. The maximum atomic E-state index is 11.0. The Labute approximate surface area is 82.6 Å². The van der Waals surface area contributed by atoms with Gasteiger partial charge in [0.15, 0.2) is 0 Å². The molecule has 1 aromatic rings. The molecular formula is C12H10O2. The third-order valence-corrected chi connectivity index (χ3v) is 2.76. The Hall–Kier alpha value is -1.75. The first-order valence-corrected chi connectivity index (χ1v) is 4.49. The minimum atomic E-state index is -0.731. The van der Waals surface area contributed by atoms with Gasteiger partial charge in [-0.3, -0.25) is 4.79 Å². The summed E-state index contributed by atoms with van der Waals surface area (Å²) in [6.07, 6.45) is 6.69. The van der Waals surface area contributed by atoms with Crippen LogP contribution in [0.5, 0.6) is 0 Å². The van der Waals surface area contributed by atoms with Gasteiger partial charge in [0.05, 0.1) is 5.41 Å². The molecule has 0 saturated heterocycles. The normalized spacial score (nSPS) is 17.1. The highest BCUT2D eigenvalue weighted by Gasteiger charge is 2.51. The van der Waals surface area contributed by atoms with Crippen molar-refractivity contribution < 1.29 is 9.90 Å². The maximum Gasteiger partial charge on any atom is 0.314 e. The smallest absolute Gasteiger partial charge is 0.314 e. The molecule has 1 saturated carbocycles. The minimum Gasteiger partial charge on any atom is -0.481 e. The van der Waals surface area contributed by atoms with Crippen molar-refractivity contribution in [3.8, 4) is 12.3 Å². The maximum absolute atomic E-state index is 11.0. The van der Waals surface area contributed by atoms with Crippen LogP contribution in [0.1, 0.15) is 24.0 Å². The van der Waals surface area contributed by atoms with Gasteiger partial charge in [-0.2, -0.15) is 0 Å². The van der Waals surface area contributed by atoms with Gasteiger partial charge in [-0.1, -0.05) is 18.1 Å². The van der Waals surface area contributed by atoms with E-state index in [9.17, 15) is 4.79 Å². The van der Waals surface area contributed by atoms with Crippen LogP contribution in [0.3, 0.4) is 0 Å². The lowest BCUT2D eigenvalue weighted by molar-refractivity contribution is -0.140. The number of hydrogen-bond acceptors (Lipinski definition) is 1. The Morgan fingerprint density at radius 1 is 1.36 bits per heavy atom. The molecule has 70 valence electrons. The quantitative estimate of drug-likeness (QED) is 0.715. The summed E-state index contributed by atoms with van der Waals surface area (Å²) < 4.78 is 0. The molecule has 0 amide bonds. The van der Waals surface area contributed by atoms with Gasteiger partial charge in [-0.15, -0.1) is 6.42 Å². The van der Waals surface area contributed by atoms with Gasteiger partial charge in [-0.05, 0) is 30.5 Å². The fourth-order valence-electron chi connectivity index (χ4n) is 1.64. The van der Waals surface area contributed by atoms with Gasteiger partial charge < -0.3 is 5.11 Å². The van der Waals surface area contributed by atoms with Crippen LogP contribution < -0.4 is 0 Å². The summed E-state index contributed by atoms with van der Waals surface area (Å²) in [5.41, 5.74) is 1.03. The van der Waals surface area contributed by atoms with Gasteiger partial charge in [0, 0.05) is 5.56 Å². The first-order valence-electron chi connectivity index (χ1n) is 4.49. The van der Waals surface area contributed by atoms with Crippen LogP contribution in [0.4, 0.5) is 0 Å². The standard InChI is InChI=1S/C12H10O2/c1-2-9-3-5-10(6-4-9)12(7-8-12)11(13)14/h1,3-6H,7-8H2,(H,13,14). The number of hydrogen-bond donors (Lipinski definition) is 1. The molecule has 1 aromatic carbocycles. The number of benzene rings is 1. The van der Waals surface area contributed by atoms with E-state index < -0.39 is 11.4 Å². The lowest BCUT2D eigenvalue weighted by Gasteiger charge is -2.09. The molecule has 0 aromatic heterocycles. The van der Waals surface area contributed by atoms with E-state index in [1.165, 1.54) is 0 Å². The van der Waals surface area contributed by atoms with Gasteiger partial charge in [-0.25, -0.2) is 0 Å². The predicted molar refractivity (Wildman–Crippen MR) is 52.9 cm³/mol. The van der Waals surface area contributed by atoms with Crippen molar-refractivity contribution in [2.75, 3.05) is 0 Å². The molecule has 1 aliphatic rings. The molecule has 0 heterocycles. The van der Waals surface area contributed by atoms with Crippen molar-refractivity contribution in [3.63, 3.8) is 0 Å². The molecule has 14 heavy (non-hydrogen) atoms. The molecule has 0 radical (unpaired) electrons. The summed E-state index contributed by atoms with van der Waals surface area (Å²) in [5.74, 6) is 1.78. The van der Waals surface area contributed by atoms with E-state index in [1.807, 2.05) is 12.1 Å². The van der Waals surface area contributed by atoms with Gasteiger partial charge in [0.25, 0.3) is 0 Å². The monoisotopic (exact) mass is 186 g/mol. The summed E-state index contributed by atoms with van der Waals surface area (Å²) in [7, 11) is 0. The van der Waals surface area contributed by atoms with Crippen LogP contribution in [0.15, 0.2) is 24.3 Å². The van der Waals surface area contributed by atoms with Gasteiger partial charge in [0.2, 0.25) is 0 Å². The van der Waals surface area contributed by atoms with E-state index in [0.29, 0.717) is 0 Å². The second kappa shape index (κ2) is 2.88. The molecule has 0 spiro atoms. The lowest BCUT2D eigenvalue weighted by atomic mass is 9.95. The van der Waals surface area contributed by atoms with Crippen LogP contribution in [0, 0.1) is 12.3 Å². The Bertz CT molecular complexity index is 405. The van der Waals surface area contributed by atoms with Crippen molar-refractivity contribution in [1.82, 2.24) is 0 Å². The van der Waals surface area contributed by atoms with Crippen LogP contribution >= 0.6 is 0 Å². The molecule has 2 rings (SSSR count). The van der Waals surface area contributed by atoms with E-state index in [0.717, 1.165) is 24.0 Å². The highest BCUT2D eigenvalue weighted by atomic mass is 16.4. The lowest BCUT2D eigenvalue weighted by Crippen LogP contribution is -2.19. The van der Waals surface area contributed by atoms with Crippen LogP contribution in [0.2, 0.25) is 0 Å². The van der Waals surface area contributed by atoms with Crippen molar-refractivity contribution in [1.29, 1.82) is 0 Å². The van der Waals surface area contributed by atoms with Gasteiger partial charge in [0.1, 0.15) is 0 Å². The Balaban J connectivity index is 2.35. The molecule has 1 N–H and O–H groups in total. The third-order valence-electron chi connectivity index (χ3n) is 2.76. The predicted octanol–water partition coefficient (Wildman–Crippen LogP) is 1.78. The van der Waals surface area contributed by atoms with Crippen molar-refractivity contribution in [2.45, 2.75) is 18.3 Å². The SMILES string of the molecule is C#Cc1ccc(C2(C(=O)O)CC2)cc1. The highest BCUT2D eigenvalue weighted by Crippen LogP contribution is 2.48. The zero-order chi connectivity index (χ0) is 10.2. The van der Waals surface area contributed by atoms with E-state index in [1.54, 1.807) is 12.1 Å².